The molecule has 3 nitrogen and oxygen atoms in total. The maximum absolute atomic E-state index is 12.9. The Labute approximate surface area is 117 Å². The van der Waals surface area contributed by atoms with E-state index < -0.39 is 5.41 Å². The van der Waals surface area contributed by atoms with Crippen molar-refractivity contribution in [1.29, 1.82) is 0 Å². The molecule has 0 radical (unpaired) electrons. The quantitative estimate of drug-likeness (QED) is 0.499. The molecule has 0 saturated heterocycles. The van der Waals surface area contributed by atoms with Gasteiger partial charge in [-0.3, -0.25) is 14.4 Å². The Morgan fingerprint density at radius 2 is 1.60 bits per heavy atom. The molecule has 2 unspecified atom stereocenters. The van der Waals surface area contributed by atoms with E-state index in [0.717, 1.165) is 6.42 Å². The van der Waals surface area contributed by atoms with E-state index in [1.165, 1.54) is 6.08 Å². The second kappa shape index (κ2) is 3.46. The van der Waals surface area contributed by atoms with Gasteiger partial charge in [0.15, 0.2) is 17.3 Å². The molecule has 20 heavy (non-hydrogen) atoms. The summed E-state index contributed by atoms with van der Waals surface area (Å²) in [5.41, 5.74) is 0.105. The van der Waals surface area contributed by atoms with Crippen LogP contribution in [0, 0.1) is 29.1 Å². The number of hydrogen-bond donors (Lipinski definition) is 0. The molecule has 4 atom stereocenters. The highest BCUT2D eigenvalue weighted by Crippen LogP contribution is 2.55. The fourth-order valence-electron chi connectivity index (χ4n) is 4.45. The highest BCUT2D eigenvalue weighted by Gasteiger charge is 2.58. The zero-order valence-electron chi connectivity index (χ0n) is 11.6. The molecule has 0 aliphatic heterocycles. The Kier molecular flexibility index (Phi) is 2.08. The molecule has 3 heteroatoms. The summed E-state index contributed by atoms with van der Waals surface area (Å²) in [4.78, 5) is 37.8. The summed E-state index contributed by atoms with van der Waals surface area (Å²) in [7, 11) is 0. The Morgan fingerprint density at radius 3 is 2.25 bits per heavy atom. The minimum Gasteiger partial charge on any atom is -0.294 e. The van der Waals surface area contributed by atoms with E-state index in [4.69, 9.17) is 0 Å². The van der Waals surface area contributed by atoms with Crippen LogP contribution in [0.15, 0.2) is 35.5 Å². The molecule has 2 bridgehead atoms. The third-order valence-electron chi connectivity index (χ3n) is 5.35. The highest BCUT2D eigenvalue weighted by molar-refractivity contribution is 6.32. The van der Waals surface area contributed by atoms with Gasteiger partial charge < -0.3 is 0 Å². The Hall–Kier alpha value is -1.77. The van der Waals surface area contributed by atoms with E-state index in [0.29, 0.717) is 5.57 Å². The second-order valence-electron chi connectivity index (χ2n) is 6.90. The van der Waals surface area contributed by atoms with E-state index in [-0.39, 0.29) is 46.6 Å². The molecular weight excluding hydrogens is 252 g/mol. The maximum atomic E-state index is 12.9. The van der Waals surface area contributed by atoms with Crippen molar-refractivity contribution in [3.8, 4) is 0 Å². The van der Waals surface area contributed by atoms with Crippen molar-refractivity contribution in [2.75, 3.05) is 0 Å². The Morgan fingerprint density at radius 1 is 1.00 bits per heavy atom. The first-order valence-electron chi connectivity index (χ1n) is 7.17. The van der Waals surface area contributed by atoms with Gasteiger partial charge in [-0.25, -0.2) is 0 Å². The van der Waals surface area contributed by atoms with Gasteiger partial charge in [0.25, 0.3) is 0 Å². The average Bonchev–Trinajstić information content (AvgIpc) is 2.99. The summed E-state index contributed by atoms with van der Waals surface area (Å²) >= 11 is 0. The summed E-state index contributed by atoms with van der Waals surface area (Å²) in [5.74, 6) is -0.530. The highest BCUT2D eigenvalue weighted by atomic mass is 16.2. The van der Waals surface area contributed by atoms with E-state index in [1.807, 2.05) is 13.8 Å². The maximum Gasteiger partial charge on any atom is 0.189 e. The van der Waals surface area contributed by atoms with Crippen LogP contribution in [0.4, 0.5) is 0 Å². The molecule has 1 fully saturated rings. The second-order valence-corrected chi connectivity index (χ2v) is 6.90. The van der Waals surface area contributed by atoms with Crippen LogP contribution >= 0.6 is 0 Å². The van der Waals surface area contributed by atoms with Crippen LogP contribution in [0.5, 0.6) is 0 Å². The minimum atomic E-state index is -0.521. The van der Waals surface area contributed by atoms with Crippen molar-refractivity contribution in [3.05, 3.63) is 35.5 Å². The fraction of sp³-hybridized carbons (Fsp3) is 0.471. The molecule has 0 aromatic rings. The first-order chi connectivity index (χ1) is 9.42. The summed E-state index contributed by atoms with van der Waals surface area (Å²) in [5, 5.41) is 0. The minimum absolute atomic E-state index is 0.0316. The van der Waals surface area contributed by atoms with Crippen molar-refractivity contribution >= 4 is 17.3 Å². The molecule has 0 heterocycles. The third kappa shape index (κ3) is 1.23. The van der Waals surface area contributed by atoms with E-state index in [2.05, 4.69) is 12.2 Å². The first kappa shape index (κ1) is 12.0. The van der Waals surface area contributed by atoms with Crippen molar-refractivity contribution in [2.24, 2.45) is 29.1 Å². The van der Waals surface area contributed by atoms with Gasteiger partial charge in [0.05, 0.1) is 5.57 Å². The van der Waals surface area contributed by atoms with Crippen molar-refractivity contribution in [3.63, 3.8) is 0 Å². The van der Waals surface area contributed by atoms with Gasteiger partial charge in [-0.15, -0.1) is 0 Å². The van der Waals surface area contributed by atoms with E-state index >= 15 is 0 Å². The van der Waals surface area contributed by atoms with E-state index in [1.54, 1.807) is 6.08 Å². The molecule has 1 saturated carbocycles. The first-order valence-corrected chi connectivity index (χ1v) is 7.17. The van der Waals surface area contributed by atoms with Gasteiger partial charge in [-0.2, -0.15) is 0 Å². The molecule has 0 N–H and O–H groups in total. The van der Waals surface area contributed by atoms with Crippen molar-refractivity contribution in [2.45, 2.75) is 20.3 Å². The zero-order chi connectivity index (χ0) is 14.2. The standard InChI is InChI=1S/C17H16O3/c1-17(2)6-5-10(18)13-14(17)16(20)12-9-4-3-8(7-9)11(12)15(13)19/h3-6,8-9,11-12H,7H2,1-2H3/t8-,9+,11?,12?/m0/s1. The predicted molar refractivity (Wildman–Crippen MR) is 72.7 cm³/mol. The summed E-state index contributed by atoms with van der Waals surface area (Å²) < 4.78 is 0. The Bertz CT molecular complexity index is 660. The number of carbonyl (C=O) groups excluding carboxylic acids is 3. The summed E-state index contributed by atoms with van der Waals surface area (Å²) in [6.45, 7) is 3.81. The molecule has 102 valence electrons. The largest absolute Gasteiger partial charge is 0.294 e. The number of hydrogen-bond acceptors (Lipinski definition) is 3. The predicted octanol–water partition coefficient (Wildman–Crippen LogP) is 2.04. The number of carbonyl (C=O) groups is 3. The number of Topliss-reactive ketones (excluding diaryl/α,β-unsaturated/α-hetero) is 2. The summed E-state index contributed by atoms with van der Waals surface area (Å²) in [6.07, 6.45) is 8.22. The monoisotopic (exact) mass is 268 g/mol. The van der Waals surface area contributed by atoms with Gasteiger partial charge in [-0.1, -0.05) is 32.1 Å². The van der Waals surface area contributed by atoms with Gasteiger partial charge in [-0.05, 0) is 24.3 Å². The molecule has 0 spiro atoms. The van der Waals surface area contributed by atoms with Crippen molar-refractivity contribution < 1.29 is 14.4 Å². The van der Waals surface area contributed by atoms with Gasteiger partial charge in [0, 0.05) is 22.8 Å². The lowest BCUT2D eigenvalue weighted by atomic mass is 9.61. The zero-order valence-corrected chi connectivity index (χ0v) is 11.6. The molecule has 4 rings (SSSR count). The van der Waals surface area contributed by atoms with Crippen molar-refractivity contribution in [1.82, 2.24) is 0 Å². The fourth-order valence-corrected chi connectivity index (χ4v) is 4.45. The van der Waals surface area contributed by atoms with Crippen LogP contribution < -0.4 is 0 Å². The van der Waals surface area contributed by atoms with Gasteiger partial charge in [0.2, 0.25) is 0 Å². The lowest BCUT2D eigenvalue weighted by molar-refractivity contribution is -0.133. The van der Waals surface area contributed by atoms with Gasteiger partial charge in [0.1, 0.15) is 0 Å². The third-order valence-corrected chi connectivity index (χ3v) is 5.35. The number of allylic oxidation sites excluding steroid dienone is 6. The number of rotatable bonds is 0. The molecule has 0 aromatic carbocycles. The van der Waals surface area contributed by atoms with Gasteiger partial charge >= 0.3 is 0 Å². The number of ketones is 3. The van der Waals surface area contributed by atoms with Crippen LogP contribution in [0.1, 0.15) is 20.3 Å². The topological polar surface area (TPSA) is 51.2 Å². The van der Waals surface area contributed by atoms with Crippen LogP contribution in [0.25, 0.3) is 0 Å². The molecule has 0 aromatic heterocycles. The van der Waals surface area contributed by atoms with Crippen LogP contribution in [-0.2, 0) is 14.4 Å². The van der Waals surface area contributed by atoms with Crippen LogP contribution in [-0.4, -0.2) is 17.3 Å². The van der Waals surface area contributed by atoms with Crippen LogP contribution in [0.2, 0.25) is 0 Å². The number of fused-ring (bicyclic) bond motifs is 5. The molecular formula is C17H16O3. The van der Waals surface area contributed by atoms with Crippen LogP contribution in [0.3, 0.4) is 0 Å². The average molecular weight is 268 g/mol. The summed E-state index contributed by atoms with van der Waals surface area (Å²) in [6, 6.07) is 0. The van der Waals surface area contributed by atoms with E-state index in [9.17, 15) is 14.4 Å². The normalized spacial score (nSPS) is 40.4. The molecule has 0 amide bonds. The molecule has 4 aliphatic carbocycles. The lowest BCUT2D eigenvalue weighted by Crippen LogP contribution is -2.45. The molecule has 4 aliphatic rings. The SMILES string of the molecule is CC1(C)C=CC(=O)C2=C1C(=O)C1C(C2=O)[C@H]2C=C[C@@H]1C2. The Balaban J connectivity index is 1.93. The smallest absolute Gasteiger partial charge is 0.189 e. The lowest BCUT2D eigenvalue weighted by Gasteiger charge is -2.38.